The number of rotatable bonds is 11. The highest BCUT2D eigenvalue weighted by molar-refractivity contribution is 7.04. The first-order chi connectivity index (χ1) is 47.1. The van der Waals surface area contributed by atoms with Gasteiger partial charge in [0.25, 0.3) is 0 Å². The lowest BCUT2D eigenvalue weighted by atomic mass is 9.96. The van der Waals surface area contributed by atoms with Crippen molar-refractivity contribution in [2.45, 2.75) is 26.2 Å². The van der Waals surface area contributed by atoms with Crippen LogP contribution in [0.15, 0.2) is 346 Å². The number of hydrogen-bond donors (Lipinski definition) is 0. The molecule has 0 saturated carbocycles. The Morgan fingerprint density at radius 1 is 0.167 bits per heavy atom. The first-order valence-electron chi connectivity index (χ1n) is 33.2. The highest BCUT2D eigenvalue weighted by Crippen LogP contribution is 2.38. The second-order valence-corrected chi connectivity index (χ2v) is 35.0. The Morgan fingerprint density at radius 3 is 0.833 bits per heavy atom. The third-order valence-corrected chi connectivity index (χ3v) is 26.8. The van der Waals surface area contributed by atoms with E-state index in [1.165, 1.54) is 88.6 Å². The minimum absolute atomic E-state index is 0.713. The molecule has 0 atom stereocenters. The molecule has 4 heterocycles. The standard InChI is InChI=1S/C48H36N2Si.C43H33NSi/c1-51(2)46-19-10-9-18-42(46)43-31-40(28-29-47(43)51)36-22-20-34(21-23-36)35-24-26-38(27-25-35)45-32-44(37-14-7-4-8-15-37)49-48(50-45)41-17-11-16-39(30-41)33-12-5-3-6-13-33;1-45(2)42-16-10-9-15-38(42)39-27-36(25-26-43(39)45)33-19-17-31(18-20-33)32-21-23-35(24-22-32)41-29-37(30-11-5-3-6-12-30)28-40(44-41)34-13-7-4-8-14-34/h3-32H,1-2H3;3-29H,1-2H3. The van der Waals surface area contributed by atoms with Gasteiger partial charge >= 0.3 is 0 Å². The number of pyridine rings is 1. The van der Waals surface area contributed by atoms with Crippen LogP contribution in [0.3, 0.4) is 0 Å². The molecule has 96 heavy (non-hydrogen) atoms. The molecule has 0 amide bonds. The maximum Gasteiger partial charge on any atom is 0.160 e. The number of fused-ring (bicyclic) bond motifs is 6. The van der Waals surface area contributed by atoms with Gasteiger partial charge in [-0.1, -0.05) is 336 Å². The topological polar surface area (TPSA) is 38.7 Å². The molecule has 0 fully saturated rings. The molecule has 0 saturated heterocycles. The first-order valence-corrected chi connectivity index (χ1v) is 39.2. The average molecular weight is 1260 g/mol. The van der Waals surface area contributed by atoms with E-state index in [1.54, 1.807) is 15.6 Å². The fourth-order valence-corrected chi connectivity index (χ4v) is 20.5. The molecule has 0 unspecified atom stereocenters. The normalized spacial score (nSPS) is 12.8. The maximum atomic E-state index is 5.12. The second kappa shape index (κ2) is 25.1. The minimum Gasteiger partial charge on any atom is -0.248 e. The Bertz CT molecular complexity index is 5280. The summed E-state index contributed by atoms with van der Waals surface area (Å²) >= 11 is 0. The predicted molar refractivity (Wildman–Crippen MR) is 410 cm³/mol. The van der Waals surface area contributed by atoms with Gasteiger partial charge in [0.05, 0.1) is 22.8 Å². The van der Waals surface area contributed by atoms with Gasteiger partial charge in [-0.15, -0.1) is 0 Å². The van der Waals surface area contributed by atoms with E-state index in [-0.39, 0.29) is 0 Å². The van der Waals surface area contributed by atoms with Crippen LogP contribution in [0.25, 0.3) is 145 Å². The van der Waals surface area contributed by atoms with Crippen LogP contribution in [-0.2, 0) is 0 Å². The molecule has 456 valence electrons. The summed E-state index contributed by atoms with van der Waals surface area (Å²) < 4.78 is 0. The monoisotopic (exact) mass is 1260 g/mol. The molecule has 2 aliphatic rings. The molecule has 2 aliphatic heterocycles. The Labute approximate surface area is 565 Å². The van der Waals surface area contributed by atoms with Crippen molar-refractivity contribution >= 4 is 36.9 Å². The van der Waals surface area contributed by atoms with E-state index < -0.39 is 16.1 Å². The Morgan fingerprint density at radius 2 is 0.427 bits per heavy atom. The third-order valence-electron chi connectivity index (χ3n) is 19.7. The summed E-state index contributed by atoms with van der Waals surface area (Å²) in [6, 6.07) is 124. The van der Waals surface area contributed by atoms with E-state index in [1.807, 2.05) is 18.2 Å². The molecule has 0 bridgehead atoms. The number of hydrogen-bond acceptors (Lipinski definition) is 3. The molecular formula is C91H69N3Si2. The molecule has 0 radical (unpaired) electrons. The van der Waals surface area contributed by atoms with Crippen molar-refractivity contribution in [3.63, 3.8) is 0 Å². The minimum atomic E-state index is -1.65. The summed E-state index contributed by atoms with van der Waals surface area (Å²) in [5.74, 6) is 0.713. The van der Waals surface area contributed by atoms with E-state index in [0.29, 0.717) is 5.82 Å². The summed E-state index contributed by atoms with van der Waals surface area (Å²) in [4.78, 5) is 15.3. The predicted octanol–water partition coefficient (Wildman–Crippen LogP) is 21.5. The van der Waals surface area contributed by atoms with Gasteiger partial charge < -0.3 is 0 Å². The van der Waals surface area contributed by atoms with Gasteiger partial charge in [0.2, 0.25) is 0 Å². The molecule has 0 aliphatic carbocycles. The Hall–Kier alpha value is -11.5. The van der Waals surface area contributed by atoms with Crippen LogP contribution in [0.1, 0.15) is 0 Å². The lowest BCUT2D eigenvalue weighted by Gasteiger charge is -2.18. The van der Waals surface area contributed by atoms with Crippen molar-refractivity contribution in [1.82, 2.24) is 15.0 Å². The smallest absolute Gasteiger partial charge is 0.160 e. The third kappa shape index (κ3) is 11.5. The fraction of sp³-hybridized carbons (Fsp3) is 0.0440. The van der Waals surface area contributed by atoms with Crippen LogP contribution < -0.4 is 20.7 Å². The van der Waals surface area contributed by atoms with Crippen molar-refractivity contribution in [3.8, 4) is 145 Å². The van der Waals surface area contributed by atoms with Crippen molar-refractivity contribution in [3.05, 3.63) is 346 Å². The molecule has 0 spiro atoms. The van der Waals surface area contributed by atoms with E-state index in [4.69, 9.17) is 15.0 Å². The molecule has 13 aromatic carbocycles. The van der Waals surface area contributed by atoms with E-state index in [9.17, 15) is 0 Å². The van der Waals surface area contributed by atoms with Crippen molar-refractivity contribution in [2.24, 2.45) is 0 Å². The molecule has 0 N–H and O–H groups in total. The average Bonchev–Trinajstić information content (AvgIpc) is 1.59. The van der Waals surface area contributed by atoms with Crippen molar-refractivity contribution in [1.29, 1.82) is 0 Å². The van der Waals surface area contributed by atoms with Gasteiger partial charge in [0.15, 0.2) is 5.82 Å². The quantitative estimate of drug-likeness (QED) is 0.121. The van der Waals surface area contributed by atoms with Gasteiger partial charge in [0, 0.05) is 27.8 Å². The summed E-state index contributed by atoms with van der Waals surface area (Å²) in [6.07, 6.45) is 0. The zero-order valence-corrected chi connectivity index (χ0v) is 56.3. The lowest BCUT2D eigenvalue weighted by Crippen LogP contribution is -2.49. The van der Waals surface area contributed by atoms with E-state index in [0.717, 1.165) is 56.2 Å². The molecule has 2 aromatic heterocycles. The SMILES string of the molecule is C[Si]1(C)c2ccccc2-c2cc(-c3ccc(-c4ccc(-c5cc(-c6ccccc6)cc(-c6ccccc6)n5)cc4)cc3)ccc21.C[Si]1(C)c2ccccc2-c2cc(-c3ccc(-c4ccc(-c5cc(-c6ccccc6)nc(-c6cccc(-c7ccccc7)c6)n5)cc4)cc3)ccc21. The van der Waals surface area contributed by atoms with Crippen molar-refractivity contribution < 1.29 is 0 Å². The molecule has 5 heteroatoms. The zero-order valence-electron chi connectivity index (χ0n) is 54.3. The lowest BCUT2D eigenvalue weighted by molar-refractivity contribution is 1.18. The van der Waals surface area contributed by atoms with Crippen molar-refractivity contribution in [2.75, 3.05) is 0 Å². The van der Waals surface area contributed by atoms with Gasteiger partial charge in [-0.05, 0) is 146 Å². The Kier molecular flexibility index (Phi) is 15.6. The number of nitrogens with zero attached hydrogens (tertiary/aromatic N) is 3. The highest BCUT2D eigenvalue weighted by atomic mass is 28.3. The van der Waals surface area contributed by atoms with Gasteiger partial charge in [-0.3, -0.25) is 0 Å². The fourth-order valence-electron chi connectivity index (χ4n) is 14.4. The number of benzene rings is 13. The second-order valence-electron chi connectivity index (χ2n) is 26.3. The summed E-state index contributed by atoms with van der Waals surface area (Å²) in [7, 11) is -3.29. The zero-order chi connectivity index (χ0) is 64.7. The molecular weight excluding hydrogens is 1190 g/mol. The molecule has 17 rings (SSSR count). The van der Waals surface area contributed by atoms with Crippen LogP contribution in [-0.4, -0.2) is 31.1 Å². The van der Waals surface area contributed by atoms with Crippen LogP contribution in [0.2, 0.25) is 26.2 Å². The molecule has 15 aromatic rings. The first kappa shape index (κ1) is 59.5. The van der Waals surface area contributed by atoms with Gasteiger partial charge in [-0.25, -0.2) is 15.0 Å². The van der Waals surface area contributed by atoms with Crippen LogP contribution in [0.5, 0.6) is 0 Å². The van der Waals surface area contributed by atoms with Gasteiger partial charge in [0.1, 0.15) is 16.1 Å². The summed E-state index contributed by atoms with van der Waals surface area (Å²) in [5, 5.41) is 6.18. The highest BCUT2D eigenvalue weighted by Gasteiger charge is 2.38. The summed E-state index contributed by atoms with van der Waals surface area (Å²) in [6.45, 7) is 9.87. The van der Waals surface area contributed by atoms with Crippen LogP contribution in [0, 0.1) is 0 Å². The molecule has 3 nitrogen and oxygen atoms in total. The number of aromatic nitrogens is 3. The maximum absolute atomic E-state index is 5.12. The van der Waals surface area contributed by atoms with E-state index in [2.05, 4.69) is 354 Å². The van der Waals surface area contributed by atoms with Crippen LogP contribution >= 0.6 is 0 Å². The summed E-state index contributed by atoms with van der Waals surface area (Å²) in [5.41, 5.74) is 29.2. The van der Waals surface area contributed by atoms with E-state index >= 15 is 0 Å². The Balaban J connectivity index is 0.000000152. The largest absolute Gasteiger partial charge is 0.248 e. The van der Waals surface area contributed by atoms with Crippen LogP contribution in [0.4, 0.5) is 0 Å². The van der Waals surface area contributed by atoms with Gasteiger partial charge in [-0.2, -0.15) is 0 Å².